The van der Waals surface area contributed by atoms with E-state index in [1.165, 1.54) is 0 Å². The van der Waals surface area contributed by atoms with Crippen LogP contribution in [0.5, 0.6) is 0 Å². The second kappa shape index (κ2) is 2.58. The molecule has 0 saturated heterocycles. The van der Waals surface area contributed by atoms with Crippen molar-refractivity contribution < 1.29 is 4.84 Å². The van der Waals surface area contributed by atoms with E-state index < -0.39 is 0 Å². The lowest BCUT2D eigenvalue weighted by atomic mass is 10.3. The third kappa shape index (κ3) is 1.55. The van der Waals surface area contributed by atoms with Crippen LogP contribution in [-0.4, -0.2) is 12.8 Å². The molecule has 0 aromatic rings. The summed E-state index contributed by atoms with van der Waals surface area (Å²) < 4.78 is 0. The van der Waals surface area contributed by atoms with Crippen molar-refractivity contribution in [3.63, 3.8) is 0 Å². The Morgan fingerprint density at radius 1 is 1.71 bits per heavy atom. The predicted molar refractivity (Wildman–Crippen MR) is 26.8 cm³/mol. The van der Waals surface area contributed by atoms with E-state index in [0.717, 1.165) is 19.4 Å². The average Bonchev–Trinajstić information content (AvgIpc) is 1.90. The van der Waals surface area contributed by atoms with Gasteiger partial charge in [0.2, 0.25) is 0 Å². The number of hydrazone groups is 1. The Kier molecular flexibility index (Phi) is 1.69. The van der Waals surface area contributed by atoms with Crippen LogP contribution in [0.1, 0.15) is 12.8 Å². The quantitative estimate of drug-likeness (QED) is 0.474. The molecule has 1 aliphatic rings. The summed E-state index contributed by atoms with van der Waals surface area (Å²) >= 11 is 0. The lowest BCUT2D eigenvalue weighted by molar-refractivity contribution is 0.0472. The fourth-order valence-corrected chi connectivity index (χ4v) is 0.432. The van der Waals surface area contributed by atoms with Gasteiger partial charge in [-0.2, -0.15) is 10.7 Å². The highest BCUT2D eigenvalue weighted by Crippen LogP contribution is 1.87. The van der Waals surface area contributed by atoms with E-state index in [2.05, 4.69) is 10.7 Å². The summed E-state index contributed by atoms with van der Waals surface area (Å²) in [5.74, 6) is 0. The van der Waals surface area contributed by atoms with Gasteiger partial charge in [0, 0.05) is 6.21 Å². The summed E-state index contributed by atoms with van der Waals surface area (Å²) in [5, 5.41) is 3.67. The second-order valence-corrected chi connectivity index (χ2v) is 1.39. The fourth-order valence-electron chi connectivity index (χ4n) is 0.432. The summed E-state index contributed by atoms with van der Waals surface area (Å²) in [6, 6.07) is 0. The van der Waals surface area contributed by atoms with Crippen LogP contribution >= 0.6 is 0 Å². The molecule has 3 heteroatoms. The van der Waals surface area contributed by atoms with Gasteiger partial charge in [0.1, 0.15) is 0 Å². The molecule has 0 spiro atoms. The Labute approximate surface area is 42.3 Å². The molecule has 0 aliphatic carbocycles. The summed E-state index contributed by atoms with van der Waals surface area (Å²) in [7, 11) is 0. The van der Waals surface area contributed by atoms with Crippen LogP contribution in [0.3, 0.4) is 0 Å². The van der Waals surface area contributed by atoms with Gasteiger partial charge in [0.05, 0.1) is 6.61 Å². The Bertz CT molecular complexity index is 64.1. The van der Waals surface area contributed by atoms with Crippen molar-refractivity contribution in [2.24, 2.45) is 5.10 Å². The molecule has 0 aromatic heterocycles. The van der Waals surface area contributed by atoms with E-state index >= 15 is 0 Å². The van der Waals surface area contributed by atoms with E-state index in [-0.39, 0.29) is 0 Å². The average molecular weight is 100 g/mol. The summed E-state index contributed by atoms with van der Waals surface area (Å²) in [4.78, 5) is 4.75. The molecule has 1 N–H and O–H groups in total. The molecule has 0 aromatic carbocycles. The van der Waals surface area contributed by atoms with Gasteiger partial charge in [-0.3, -0.25) is 4.84 Å². The standard InChI is InChI=1S/C4H8N2O/c1-2-4-7-6-5-3-1/h3,6H,1-2,4H2. The van der Waals surface area contributed by atoms with Crippen molar-refractivity contribution in [1.29, 1.82) is 0 Å². The van der Waals surface area contributed by atoms with Crippen LogP contribution in [0.15, 0.2) is 5.10 Å². The zero-order valence-corrected chi connectivity index (χ0v) is 4.05. The summed E-state index contributed by atoms with van der Waals surface area (Å²) in [5.41, 5.74) is 2.42. The lowest BCUT2D eigenvalue weighted by Crippen LogP contribution is -2.04. The summed E-state index contributed by atoms with van der Waals surface area (Å²) in [6.07, 6.45) is 3.90. The molecular formula is C4H8N2O. The van der Waals surface area contributed by atoms with Crippen LogP contribution < -0.4 is 5.59 Å². The zero-order chi connectivity index (χ0) is 4.95. The first-order valence-electron chi connectivity index (χ1n) is 2.38. The largest absolute Gasteiger partial charge is 0.259 e. The van der Waals surface area contributed by atoms with Crippen molar-refractivity contribution in [2.45, 2.75) is 12.8 Å². The third-order valence-corrected chi connectivity index (χ3v) is 0.788. The second-order valence-electron chi connectivity index (χ2n) is 1.39. The first kappa shape index (κ1) is 4.59. The van der Waals surface area contributed by atoms with Crippen LogP contribution in [-0.2, 0) is 4.84 Å². The Morgan fingerprint density at radius 2 is 2.71 bits per heavy atom. The normalized spacial score (nSPS) is 20.6. The van der Waals surface area contributed by atoms with E-state index in [0.29, 0.717) is 0 Å². The molecule has 0 unspecified atom stereocenters. The number of rotatable bonds is 0. The molecule has 0 amide bonds. The highest BCUT2D eigenvalue weighted by atomic mass is 16.7. The smallest absolute Gasteiger partial charge is 0.0768 e. The minimum atomic E-state index is 0.764. The number of hydrogen-bond acceptors (Lipinski definition) is 3. The molecule has 7 heavy (non-hydrogen) atoms. The first-order valence-corrected chi connectivity index (χ1v) is 2.38. The highest BCUT2D eigenvalue weighted by molar-refractivity contribution is 5.56. The highest BCUT2D eigenvalue weighted by Gasteiger charge is 1.87. The third-order valence-electron chi connectivity index (χ3n) is 0.788. The predicted octanol–water partition coefficient (Wildman–Crippen LogP) is 0.287. The van der Waals surface area contributed by atoms with Crippen LogP contribution in [0.25, 0.3) is 0 Å². The summed E-state index contributed by atoms with van der Waals surface area (Å²) in [6.45, 7) is 0.764. The van der Waals surface area contributed by atoms with Gasteiger partial charge in [0.25, 0.3) is 0 Å². The first-order chi connectivity index (χ1) is 3.50. The van der Waals surface area contributed by atoms with E-state index in [1.54, 1.807) is 0 Å². The molecule has 3 nitrogen and oxygen atoms in total. The van der Waals surface area contributed by atoms with Gasteiger partial charge in [-0.1, -0.05) is 0 Å². The van der Waals surface area contributed by atoms with Crippen molar-refractivity contribution in [3.05, 3.63) is 0 Å². The molecule has 1 rings (SSSR count). The Morgan fingerprint density at radius 3 is 3.71 bits per heavy atom. The number of nitrogens with zero attached hydrogens (tertiary/aromatic N) is 1. The van der Waals surface area contributed by atoms with Crippen molar-refractivity contribution in [1.82, 2.24) is 5.59 Å². The van der Waals surface area contributed by atoms with Crippen molar-refractivity contribution in [2.75, 3.05) is 6.61 Å². The molecular weight excluding hydrogens is 92.1 g/mol. The minimum Gasteiger partial charge on any atom is -0.259 e. The van der Waals surface area contributed by atoms with E-state index in [9.17, 15) is 0 Å². The fraction of sp³-hybridized carbons (Fsp3) is 0.750. The topological polar surface area (TPSA) is 33.6 Å². The molecule has 0 fully saturated rings. The van der Waals surface area contributed by atoms with Gasteiger partial charge >= 0.3 is 0 Å². The number of hydrogen-bond donors (Lipinski definition) is 1. The zero-order valence-electron chi connectivity index (χ0n) is 4.05. The monoisotopic (exact) mass is 100 g/mol. The SMILES string of the molecule is C1=NNOCCC1. The molecule has 0 bridgehead atoms. The van der Waals surface area contributed by atoms with Gasteiger partial charge in [-0.25, -0.2) is 0 Å². The van der Waals surface area contributed by atoms with E-state index in [4.69, 9.17) is 4.84 Å². The van der Waals surface area contributed by atoms with Crippen LogP contribution in [0.4, 0.5) is 0 Å². The Hall–Kier alpha value is -0.570. The van der Waals surface area contributed by atoms with E-state index in [1.807, 2.05) is 6.21 Å². The van der Waals surface area contributed by atoms with Crippen molar-refractivity contribution in [3.8, 4) is 0 Å². The molecule has 40 valence electrons. The maximum Gasteiger partial charge on any atom is 0.0768 e. The maximum atomic E-state index is 4.75. The van der Waals surface area contributed by atoms with Gasteiger partial charge in [0.15, 0.2) is 0 Å². The molecule has 0 radical (unpaired) electrons. The van der Waals surface area contributed by atoms with Crippen LogP contribution in [0, 0.1) is 0 Å². The molecule has 1 heterocycles. The minimum absolute atomic E-state index is 0.764. The van der Waals surface area contributed by atoms with Gasteiger partial charge < -0.3 is 0 Å². The van der Waals surface area contributed by atoms with Crippen LogP contribution in [0.2, 0.25) is 0 Å². The molecule has 0 atom stereocenters. The molecule has 0 saturated carbocycles. The van der Waals surface area contributed by atoms with Crippen molar-refractivity contribution >= 4 is 6.21 Å². The number of nitrogens with one attached hydrogen (secondary N) is 1. The van der Waals surface area contributed by atoms with Gasteiger partial charge in [-0.15, -0.1) is 0 Å². The van der Waals surface area contributed by atoms with Gasteiger partial charge in [-0.05, 0) is 12.8 Å². The maximum absolute atomic E-state index is 4.75. The molecule has 1 aliphatic heterocycles. The Balaban J connectivity index is 2.20. The lowest BCUT2D eigenvalue weighted by Gasteiger charge is -1.92.